The van der Waals surface area contributed by atoms with Crippen LogP contribution in [0.15, 0.2) is 79.3 Å². The van der Waals surface area contributed by atoms with Crippen molar-refractivity contribution in [3.05, 3.63) is 107 Å². The van der Waals surface area contributed by atoms with Crippen molar-refractivity contribution < 1.29 is 35.9 Å². The van der Waals surface area contributed by atoms with Gasteiger partial charge in [-0.05, 0) is 97.4 Å². The predicted molar refractivity (Wildman–Crippen MR) is 147 cm³/mol. The Balaban J connectivity index is 1.30. The first kappa shape index (κ1) is 30.0. The van der Waals surface area contributed by atoms with E-state index in [0.29, 0.717) is 29.3 Å². The van der Waals surface area contributed by atoms with Crippen molar-refractivity contribution in [2.45, 2.75) is 31.6 Å². The summed E-state index contributed by atoms with van der Waals surface area (Å²) in [4.78, 5) is 29.7. The average Bonchev–Trinajstić information content (AvgIpc) is 3.47. The van der Waals surface area contributed by atoms with Gasteiger partial charge in [0, 0.05) is 11.3 Å². The highest BCUT2D eigenvalue weighted by molar-refractivity contribution is 6.09. The number of alkyl halides is 6. The summed E-state index contributed by atoms with van der Waals surface area (Å²) in [5.41, 5.74) is -1.25. The lowest BCUT2D eigenvalue weighted by atomic mass is 9.91. The molecule has 4 aromatic rings. The number of piperidine rings is 1. The number of nitrogens with one attached hydrogen (secondary N) is 2. The number of halogens is 6. The zero-order valence-corrected chi connectivity index (χ0v) is 22.6. The number of carbonyl (C=O) groups excluding carboxylic acids is 2. The van der Waals surface area contributed by atoms with E-state index < -0.39 is 35.3 Å². The van der Waals surface area contributed by atoms with Crippen molar-refractivity contribution in [3.63, 3.8) is 0 Å². The van der Waals surface area contributed by atoms with Gasteiger partial charge in [-0.25, -0.2) is 4.98 Å². The lowest BCUT2D eigenvalue weighted by molar-refractivity contribution is -0.143. The Morgan fingerprint density at radius 3 is 2.00 bits per heavy atom. The lowest BCUT2D eigenvalue weighted by Crippen LogP contribution is -2.31. The molecule has 1 aromatic heterocycles. The number of imide groups is 1. The molecular formula is C31H26F6N4O2. The molecule has 12 heteroatoms. The highest BCUT2D eigenvalue weighted by Gasteiger charge is 2.37. The largest absolute Gasteiger partial charge is 0.416 e. The Morgan fingerprint density at radius 2 is 1.42 bits per heavy atom. The van der Waals surface area contributed by atoms with Crippen LogP contribution in [0.5, 0.6) is 0 Å². The fraction of sp³-hybridized carbons (Fsp3) is 0.258. The molecule has 1 aliphatic heterocycles. The smallest absolute Gasteiger partial charge is 0.317 e. The second-order valence-electron chi connectivity index (χ2n) is 10.4. The van der Waals surface area contributed by atoms with Crippen LogP contribution in [0.3, 0.4) is 0 Å². The highest BCUT2D eigenvalue weighted by atomic mass is 19.4. The van der Waals surface area contributed by atoms with Gasteiger partial charge in [0.05, 0.1) is 23.7 Å². The van der Waals surface area contributed by atoms with Gasteiger partial charge < -0.3 is 5.32 Å². The standard InChI is InChI=1S/C31H26F6N4O2/c32-30(33,34)24-14-23(15-25(16-24)31(35,36)37)21-5-7-26(8-6-21)41-18-39-17-27(41)29(43)40-28(42)22-3-1-19(2-4-22)13-20-9-11-38-12-10-20/h1-8,14-18,20,38H,9-13H2,(H,40,42,43). The molecule has 0 radical (unpaired) electrons. The molecule has 0 spiro atoms. The summed E-state index contributed by atoms with van der Waals surface area (Å²) in [5, 5.41) is 5.66. The Labute approximate surface area is 242 Å². The number of rotatable bonds is 6. The van der Waals surface area contributed by atoms with E-state index in [-0.39, 0.29) is 22.9 Å². The molecule has 3 aromatic carbocycles. The zero-order chi connectivity index (χ0) is 30.8. The zero-order valence-electron chi connectivity index (χ0n) is 22.6. The number of carbonyl (C=O) groups is 2. The molecule has 1 saturated heterocycles. The van der Waals surface area contributed by atoms with Crippen LogP contribution in [0.4, 0.5) is 26.3 Å². The van der Waals surface area contributed by atoms with Crippen LogP contribution in [0.1, 0.15) is 50.4 Å². The maximum atomic E-state index is 13.3. The summed E-state index contributed by atoms with van der Waals surface area (Å²) in [7, 11) is 0. The second kappa shape index (κ2) is 12.0. The van der Waals surface area contributed by atoms with E-state index in [0.717, 1.165) is 37.9 Å². The first-order chi connectivity index (χ1) is 20.4. The first-order valence-corrected chi connectivity index (χ1v) is 13.5. The summed E-state index contributed by atoms with van der Waals surface area (Å²) in [6, 6.07) is 13.9. The van der Waals surface area contributed by atoms with E-state index in [2.05, 4.69) is 15.6 Å². The van der Waals surface area contributed by atoms with Gasteiger partial charge in [0.15, 0.2) is 0 Å². The molecule has 5 rings (SSSR count). The number of nitrogens with zero attached hydrogens (tertiary/aromatic N) is 2. The molecule has 0 atom stereocenters. The van der Waals surface area contributed by atoms with Crippen LogP contribution in [0.2, 0.25) is 0 Å². The lowest BCUT2D eigenvalue weighted by Gasteiger charge is -2.22. The molecule has 0 aliphatic carbocycles. The average molecular weight is 601 g/mol. The summed E-state index contributed by atoms with van der Waals surface area (Å²) in [6.07, 6.45) is -4.30. The number of hydrogen-bond donors (Lipinski definition) is 2. The minimum Gasteiger partial charge on any atom is -0.317 e. The van der Waals surface area contributed by atoms with Crippen LogP contribution in [-0.4, -0.2) is 34.5 Å². The third-order valence-corrected chi connectivity index (χ3v) is 7.36. The molecule has 0 saturated carbocycles. The van der Waals surface area contributed by atoms with Gasteiger partial charge >= 0.3 is 12.4 Å². The first-order valence-electron chi connectivity index (χ1n) is 13.5. The van der Waals surface area contributed by atoms with E-state index in [1.165, 1.54) is 41.4 Å². The van der Waals surface area contributed by atoms with Gasteiger partial charge in [-0.2, -0.15) is 26.3 Å². The maximum Gasteiger partial charge on any atom is 0.416 e. The van der Waals surface area contributed by atoms with Crippen LogP contribution >= 0.6 is 0 Å². The van der Waals surface area contributed by atoms with Crippen LogP contribution in [0.25, 0.3) is 16.8 Å². The molecule has 2 heterocycles. The van der Waals surface area contributed by atoms with E-state index in [4.69, 9.17) is 0 Å². The normalized spacial score (nSPS) is 14.5. The van der Waals surface area contributed by atoms with Crippen LogP contribution in [0, 0.1) is 5.92 Å². The molecule has 0 bridgehead atoms. The van der Waals surface area contributed by atoms with Gasteiger partial charge in [0.2, 0.25) is 0 Å². The monoisotopic (exact) mass is 600 g/mol. The summed E-state index contributed by atoms with van der Waals surface area (Å²) < 4.78 is 81.1. The molecule has 1 fully saturated rings. The van der Waals surface area contributed by atoms with E-state index in [9.17, 15) is 35.9 Å². The predicted octanol–water partition coefficient (Wildman–Crippen LogP) is 6.69. The highest BCUT2D eigenvalue weighted by Crippen LogP contribution is 2.38. The topological polar surface area (TPSA) is 76.0 Å². The van der Waals surface area contributed by atoms with Crippen LogP contribution in [-0.2, 0) is 18.8 Å². The molecule has 43 heavy (non-hydrogen) atoms. The number of amides is 2. The SMILES string of the molecule is O=C(NC(=O)c1cncn1-c1ccc(-c2cc(C(F)(F)F)cc(C(F)(F)F)c2)cc1)c1ccc(CC2CCNCC2)cc1. The number of benzene rings is 3. The molecule has 6 nitrogen and oxygen atoms in total. The number of hydrogen-bond acceptors (Lipinski definition) is 4. The Hall–Kier alpha value is -4.45. The van der Waals surface area contributed by atoms with Crippen LogP contribution < -0.4 is 10.6 Å². The molecular weight excluding hydrogens is 574 g/mol. The Bertz CT molecular complexity index is 1570. The fourth-order valence-electron chi connectivity index (χ4n) is 5.06. The van der Waals surface area contributed by atoms with Crippen molar-refractivity contribution in [2.75, 3.05) is 13.1 Å². The van der Waals surface area contributed by atoms with E-state index in [1.807, 2.05) is 12.1 Å². The van der Waals surface area contributed by atoms with Crippen molar-refractivity contribution >= 4 is 11.8 Å². The molecule has 1 aliphatic rings. The van der Waals surface area contributed by atoms with Crippen molar-refractivity contribution in [1.29, 1.82) is 0 Å². The Morgan fingerprint density at radius 1 is 0.814 bits per heavy atom. The number of aromatic nitrogens is 2. The van der Waals surface area contributed by atoms with Gasteiger partial charge in [-0.15, -0.1) is 0 Å². The molecule has 0 unspecified atom stereocenters. The van der Waals surface area contributed by atoms with Crippen molar-refractivity contribution in [1.82, 2.24) is 20.2 Å². The third-order valence-electron chi connectivity index (χ3n) is 7.36. The summed E-state index contributed by atoms with van der Waals surface area (Å²) >= 11 is 0. The summed E-state index contributed by atoms with van der Waals surface area (Å²) in [6.45, 7) is 1.99. The quantitative estimate of drug-likeness (QED) is 0.191. The second-order valence-corrected chi connectivity index (χ2v) is 10.4. The van der Waals surface area contributed by atoms with E-state index >= 15 is 0 Å². The summed E-state index contributed by atoms with van der Waals surface area (Å²) in [5.74, 6) is -0.760. The van der Waals surface area contributed by atoms with Crippen molar-refractivity contribution in [3.8, 4) is 16.8 Å². The van der Waals surface area contributed by atoms with Crippen molar-refractivity contribution in [2.24, 2.45) is 5.92 Å². The minimum absolute atomic E-state index is 0.00190. The maximum absolute atomic E-state index is 13.3. The van der Waals surface area contributed by atoms with Gasteiger partial charge in [0.1, 0.15) is 5.69 Å². The molecule has 2 amide bonds. The third kappa shape index (κ3) is 7.14. The Kier molecular flexibility index (Phi) is 8.41. The molecule has 2 N–H and O–H groups in total. The minimum atomic E-state index is -4.97. The fourth-order valence-corrected chi connectivity index (χ4v) is 5.06. The number of imidazole rings is 1. The van der Waals surface area contributed by atoms with Gasteiger partial charge in [-0.1, -0.05) is 24.3 Å². The van der Waals surface area contributed by atoms with Gasteiger partial charge in [-0.3, -0.25) is 19.5 Å². The van der Waals surface area contributed by atoms with E-state index in [1.54, 1.807) is 12.1 Å². The van der Waals surface area contributed by atoms with Gasteiger partial charge in [0.25, 0.3) is 11.8 Å². The molecule has 224 valence electrons.